The molecule has 1 N–H and O–H groups in total. The summed E-state index contributed by atoms with van der Waals surface area (Å²) in [4.78, 5) is 8.46. The van der Waals surface area contributed by atoms with Crippen LogP contribution in [-0.2, 0) is 6.54 Å². The molecule has 2 fully saturated rings. The number of aromatic nitrogens is 1. The minimum absolute atomic E-state index is 0.326. The lowest BCUT2D eigenvalue weighted by atomic mass is 9.76. The Labute approximate surface area is 133 Å². The standard InChI is InChI=1S/C17H29N3S/c1-3-17(4-2)12-19-16(8-6-5-7-9-16)13-20(17)11-15-10-18-14-21-15/h10,14,19H,3-9,11-13H2,1-2H3. The van der Waals surface area contributed by atoms with Crippen LogP contribution < -0.4 is 5.32 Å². The van der Waals surface area contributed by atoms with E-state index in [0.29, 0.717) is 11.1 Å². The predicted octanol–water partition coefficient (Wildman–Crippen LogP) is 3.81. The zero-order valence-electron chi connectivity index (χ0n) is 13.5. The monoisotopic (exact) mass is 307 g/mol. The van der Waals surface area contributed by atoms with Gasteiger partial charge in [0, 0.05) is 41.8 Å². The number of rotatable bonds is 4. The SMILES string of the molecule is CCC1(CC)CNC2(CCCCC2)CN1Cc1cncs1. The molecule has 1 aromatic rings. The van der Waals surface area contributed by atoms with Gasteiger partial charge in [0.1, 0.15) is 0 Å². The average Bonchev–Trinajstić information content (AvgIpc) is 3.02. The first-order chi connectivity index (χ1) is 10.2. The molecule has 1 saturated heterocycles. The van der Waals surface area contributed by atoms with Gasteiger partial charge in [-0.2, -0.15) is 0 Å². The van der Waals surface area contributed by atoms with E-state index in [0.717, 1.165) is 13.1 Å². The van der Waals surface area contributed by atoms with Crippen LogP contribution in [0.2, 0.25) is 0 Å². The highest BCUT2D eigenvalue weighted by Crippen LogP contribution is 2.38. The summed E-state index contributed by atoms with van der Waals surface area (Å²) in [5.74, 6) is 0. The summed E-state index contributed by atoms with van der Waals surface area (Å²) >= 11 is 1.80. The fourth-order valence-corrected chi connectivity index (χ4v) is 4.90. The van der Waals surface area contributed by atoms with Gasteiger partial charge in [0.05, 0.1) is 5.51 Å². The molecule has 1 saturated carbocycles. The highest BCUT2D eigenvalue weighted by Gasteiger charge is 2.45. The van der Waals surface area contributed by atoms with Crippen LogP contribution in [-0.4, -0.2) is 34.1 Å². The Balaban J connectivity index is 1.80. The van der Waals surface area contributed by atoms with Crippen LogP contribution in [0.1, 0.15) is 63.7 Å². The first-order valence-corrected chi connectivity index (χ1v) is 9.47. The van der Waals surface area contributed by atoms with Crippen molar-refractivity contribution in [2.24, 2.45) is 0 Å². The van der Waals surface area contributed by atoms with Crippen molar-refractivity contribution in [3.05, 3.63) is 16.6 Å². The van der Waals surface area contributed by atoms with Crippen molar-refractivity contribution >= 4 is 11.3 Å². The van der Waals surface area contributed by atoms with E-state index in [9.17, 15) is 0 Å². The Morgan fingerprint density at radius 3 is 2.62 bits per heavy atom. The van der Waals surface area contributed by atoms with Gasteiger partial charge >= 0.3 is 0 Å². The second-order valence-electron chi connectivity index (χ2n) is 6.95. The fraction of sp³-hybridized carbons (Fsp3) is 0.824. The normalized spacial score (nSPS) is 25.2. The minimum atomic E-state index is 0.326. The zero-order valence-corrected chi connectivity index (χ0v) is 14.3. The van der Waals surface area contributed by atoms with Crippen molar-refractivity contribution < 1.29 is 0 Å². The van der Waals surface area contributed by atoms with Gasteiger partial charge in [-0.1, -0.05) is 33.1 Å². The molecule has 0 bridgehead atoms. The maximum Gasteiger partial charge on any atom is 0.0794 e. The van der Waals surface area contributed by atoms with E-state index in [1.54, 1.807) is 11.3 Å². The maximum absolute atomic E-state index is 4.27. The molecule has 1 spiro atoms. The van der Waals surface area contributed by atoms with E-state index in [2.05, 4.69) is 35.2 Å². The number of nitrogens with zero attached hydrogens (tertiary/aromatic N) is 2. The molecule has 0 unspecified atom stereocenters. The molecule has 0 radical (unpaired) electrons. The molecular weight excluding hydrogens is 278 g/mol. The molecule has 1 aliphatic heterocycles. The van der Waals surface area contributed by atoms with Crippen molar-refractivity contribution in [1.29, 1.82) is 0 Å². The van der Waals surface area contributed by atoms with E-state index < -0.39 is 0 Å². The van der Waals surface area contributed by atoms with Crippen LogP contribution in [0, 0.1) is 0 Å². The van der Waals surface area contributed by atoms with Gasteiger partial charge in [0.15, 0.2) is 0 Å². The summed E-state index contributed by atoms with van der Waals surface area (Å²) in [5, 5.41) is 3.98. The lowest BCUT2D eigenvalue weighted by Gasteiger charge is -2.55. The predicted molar refractivity (Wildman–Crippen MR) is 89.7 cm³/mol. The van der Waals surface area contributed by atoms with E-state index in [4.69, 9.17) is 0 Å². The van der Waals surface area contributed by atoms with Gasteiger partial charge < -0.3 is 5.32 Å². The summed E-state index contributed by atoms with van der Waals surface area (Å²) in [6, 6.07) is 0. The van der Waals surface area contributed by atoms with Crippen LogP contribution in [0.3, 0.4) is 0 Å². The smallest absolute Gasteiger partial charge is 0.0794 e. The quantitative estimate of drug-likeness (QED) is 0.917. The molecule has 1 aliphatic carbocycles. The van der Waals surface area contributed by atoms with Crippen molar-refractivity contribution in [2.45, 2.75) is 76.4 Å². The Kier molecular flexibility index (Phi) is 4.67. The summed E-state index contributed by atoms with van der Waals surface area (Å²) in [6.07, 6.45) is 11.4. The van der Waals surface area contributed by atoms with Gasteiger partial charge in [0.25, 0.3) is 0 Å². The first-order valence-electron chi connectivity index (χ1n) is 8.59. The van der Waals surface area contributed by atoms with Gasteiger partial charge in [-0.05, 0) is 25.7 Å². The molecule has 0 aromatic carbocycles. The van der Waals surface area contributed by atoms with Crippen molar-refractivity contribution in [2.75, 3.05) is 13.1 Å². The lowest BCUT2D eigenvalue weighted by molar-refractivity contribution is -0.0195. The van der Waals surface area contributed by atoms with E-state index in [1.165, 1.54) is 56.4 Å². The van der Waals surface area contributed by atoms with Gasteiger partial charge in [-0.15, -0.1) is 11.3 Å². The molecule has 4 heteroatoms. The average molecular weight is 308 g/mol. The van der Waals surface area contributed by atoms with E-state index in [1.807, 2.05) is 5.51 Å². The van der Waals surface area contributed by atoms with E-state index >= 15 is 0 Å². The third-order valence-electron chi connectivity index (χ3n) is 5.91. The molecule has 3 nitrogen and oxygen atoms in total. The summed E-state index contributed by atoms with van der Waals surface area (Å²) in [6.45, 7) is 8.15. The molecule has 0 atom stereocenters. The highest BCUT2D eigenvalue weighted by atomic mass is 32.1. The number of hydrogen-bond donors (Lipinski definition) is 1. The van der Waals surface area contributed by atoms with Gasteiger partial charge in [-0.3, -0.25) is 9.88 Å². The van der Waals surface area contributed by atoms with Crippen LogP contribution in [0.25, 0.3) is 0 Å². The van der Waals surface area contributed by atoms with Gasteiger partial charge in [0.2, 0.25) is 0 Å². The molecule has 2 aliphatic rings. The summed E-state index contributed by atoms with van der Waals surface area (Å²) in [7, 11) is 0. The van der Waals surface area contributed by atoms with Crippen LogP contribution >= 0.6 is 11.3 Å². The number of piperazine rings is 1. The molecule has 0 amide bonds. The molecule has 3 rings (SSSR count). The van der Waals surface area contributed by atoms with E-state index in [-0.39, 0.29) is 0 Å². The molecule has 21 heavy (non-hydrogen) atoms. The van der Waals surface area contributed by atoms with Crippen LogP contribution in [0.4, 0.5) is 0 Å². The van der Waals surface area contributed by atoms with Crippen molar-refractivity contribution in [3.8, 4) is 0 Å². The summed E-state index contributed by atoms with van der Waals surface area (Å²) in [5.41, 5.74) is 2.68. The van der Waals surface area contributed by atoms with Crippen molar-refractivity contribution in [3.63, 3.8) is 0 Å². The molecule has 2 heterocycles. The third-order valence-corrected chi connectivity index (χ3v) is 6.68. The Morgan fingerprint density at radius 2 is 2.00 bits per heavy atom. The molecule has 1 aromatic heterocycles. The zero-order chi connectivity index (χ0) is 14.8. The third kappa shape index (κ3) is 3.03. The Morgan fingerprint density at radius 1 is 1.24 bits per heavy atom. The highest BCUT2D eigenvalue weighted by molar-refractivity contribution is 7.09. The fourth-order valence-electron chi connectivity index (χ4n) is 4.30. The number of nitrogens with one attached hydrogen (secondary N) is 1. The lowest BCUT2D eigenvalue weighted by Crippen LogP contribution is -2.69. The molecule has 118 valence electrons. The maximum atomic E-state index is 4.27. The van der Waals surface area contributed by atoms with Gasteiger partial charge in [-0.25, -0.2) is 0 Å². The Bertz CT molecular complexity index is 433. The number of thiazole rings is 1. The number of hydrogen-bond acceptors (Lipinski definition) is 4. The largest absolute Gasteiger partial charge is 0.308 e. The first kappa shape index (κ1) is 15.4. The van der Waals surface area contributed by atoms with Crippen LogP contribution in [0.5, 0.6) is 0 Å². The second kappa shape index (κ2) is 6.35. The topological polar surface area (TPSA) is 28.2 Å². The second-order valence-corrected chi connectivity index (χ2v) is 7.92. The summed E-state index contributed by atoms with van der Waals surface area (Å²) < 4.78 is 0. The van der Waals surface area contributed by atoms with Crippen molar-refractivity contribution in [1.82, 2.24) is 15.2 Å². The Hall–Kier alpha value is -0.450. The molecular formula is C17H29N3S. The van der Waals surface area contributed by atoms with Crippen LogP contribution in [0.15, 0.2) is 11.7 Å². The minimum Gasteiger partial charge on any atom is -0.308 e.